The Balaban J connectivity index is 1.86. The van der Waals surface area contributed by atoms with Crippen LogP contribution in [0.3, 0.4) is 0 Å². The van der Waals surface area contributed by atoms with E-state index in [1.54, 1.807) is 0 Å². The Bertz CT molecular complexity index is 359. The zero-order chi connectivity index (χ0) is 13.0. The Morgan fingerprint density at radius 3 is 2.61 bits per heavy atom. The maximum atomic E-state index is 9.47. The van der Waals surface area contributed by atoms with Crippen LogP contribution in [-0.4, -0.2) is 51.9 Å². The fourth-order valence-corrected chi connectivity index (χ4v) is 2.11. The molecule has 100 valence electrons. The fourth-order valence-electron chi connectivity index (χ4n) is 2.11. The summed E-state index contributed by atoms with van der Waals surface area (Å²) in [6.45, 7) is 4.81. The van der Waals surface area contributed by atoms with Crippen LogP contribution in [-0.2, 0) is 6.54 Å². The Hall–Kier alpha value is -1.17. The molecule has 2 rings (SSSR count). The molecule has 0 saturated carbocycles. The van der Waals surface area contributed by atoms with Crippen LogP contribution in [0.15, 0.2) is 18.3 Å². The van der Waals surface area contributed by atoms with Crippen molar-refractivity contribution in [2.75, 3.05) is 25.0 Å². The van der Waals surface area contributed by atoms with Crippen molar-refractivity contribution in [3.8, 4) is 0 Å². The third-order valence-electron chi connectivity index (χ3n) is 3.12. The minimum atomic E-state index is -0.622. The molecule has 2 heterocycles. The van der Waals surface area contributed by atoms with Gasteiger partial charge in [-0.3, -0.25) is 4.90 Å². The van der Waals surface area contributed by atoms with E-state index in [0.29, 0.717) is 13.1 Å². The van der Waals surface area contributed by atoms with Gasteiger partial charge in [0.2, 0.25) is 0 Å². The molecule has 5 heteroatoms. The van der Waals surface area contributed by atoms with E-state index < -0.39 is 12.2 Å². The van der Waals surface area contributed by atoms with E-state index in [9.17, 15) is 10.2 Å². The molecule has 1 aliphatic rings. The van der Waals surface area contributed by atoms with Gasteiger partial charge in [0.05, 0.1) is 12.2 Å². The Morgan fingerprint density at radius 2 is 2.06 bits per heavy atom. The molecule has 2 unspecified atom stereocenters. The van der Waals surface area contributed by atoms with E-state index in [-0.39, 0.29) is 0 Å². The molecule has 0 bridgehead atoms. The third kappa shape index (κ3) is 3.41. The number of β-amino-alcohol motifs (C(OH)–C–C–N with tert-alkyl or cyclic N) is 2. The zero-order valence-electron chi connectivity index (χ0n) is 10.7. The molecule has 1 aromatic rings. The SMILES string of the molecule is CCCNc1ccc(CN2CC(O)C(O)C2)cn1. The number of rotatable bonds is 5. The number of likely N-dealkylation sites (tertiary alicyclic amines) is 1. The number of nitrogens with zero attached hydrogens (tertiary/aromatic N) is 2. The van der Waals surface area contributed by atoms with Crippen molar-refractivity contribution in [3.63, 3.8) is 0 Å². The predicted octanol–water partition coefficient (Wildman–Crippen LogP) is 0.441. The minimum absolute atomic E-state index is 0.525. The molecule has 18 heavy (non-hydrogen) atoms. The fraction of sp³-hybridized carbons (Fsp3) is 0.615. The lowest BCUT2D eigenvalue weighted by atomic mass is 10.2. The molecule has 0 aromatic carbocycles. The standard InChI is InChI=1S/C13H21N3O2/c1-2-5-14-13-4-3-10(6-15-13)7-16-8-11(17)12(18)9-16/h3-4,6,11-12,17-18H,2,5,7-9H2,1H3,(H,14,15). The second-order valence-corrected chi connectivity index (χ2v) is 4.81. The van der Waals surface area contributed by atoms with Crippen LogP contribution in [0.1, 0.15) is 18.9 Å². The van der Waals surface area contributed by atoms with E-state index in [4.69, 9.17) is 0 Å². The number of anilines is 1. The molecule has 0 aliphatic carbocycles. The molecule has 1 aromatic heterocycles. The number of aliphatic hydroxyl groups is 2. The highest BCUT2D eigenvalue weighted by Crippen LogP contribution is 2.14. The largest absolute Gasteiger partial charge is 0.389 e. The van der Waals surface area contributed by atoms with Crippen LogP contribution >= 0.6 is 0 Å². The second-order valence-electron chi connectivity index (χ2n) is 4.81. The van der Waals surface area contributed by atoms with Gasteiger partial charge >= 0.3 is 0 Å². The number of nitrogens with one attached hydrogen (secondary N) is 1. The van der Waals surface area contributed by atoms with E-state index >= 15 is 0 Å². The number of aromatic nitrogens is 1. The average molecular weight is 251 g/mol. The van der Waals surface area contributed by atoms with E-state index in [1.165, 1.54) is 0 Å². The molecule has 0 spiro atoms. The van der Waals surface area contributed by atoms with Gasteiger partial charge in [0.25, 0.3) is 0 Å². The summed E-state index contributed by atoms with van der Waals surface area (Å²) in [6.07, 6.45) is 1.68. The first kappa shape index (κ1) is 13.3. The van der Waals surface area contributed by atoms with Gasteiger partial charge in [-0.1, -0.05) is 13.0 Å². The molecule has 1 fully saturated rings. The van der Waals surface area contributed by atoms with Gasteiger partial charge in [0.1, 0.15) is 5.82 Å². The van der Waals surface area contributed by atoms with Gasteiger partial charge in [0, 0.05) is 32.4 Å². The van der Waals surface area contributed by atoms with Gasteiger partial charge < -0.3 is 15.5 Å². The monoisotopic (exact) mass is 251 g/mol. The van der Waals surface area contributed by atoms with Gasteiger partial charge in [-0.25, -0.2) is 4.98 Å². The normalized spacial score (nSPS) is 24.4. The summed E-state index contributed by atoms with van der Waals surface area (Å²) in [5.41, 5.74) is 1.10. The second kappa shape index (κ2) is 6.13. The third-order valence-corrected chi connectivity index (χ3v) is 3.12. The van der Waals surface area contributed by atoms with Gasteiger partial charge in [-0.15, -0.1) is 0 Å². The molecule has 5 nitrogen and oxygen atoms in total. The Morgan fingerprint density at radius 1 is 1.33 bits per heavy atom. The lowest BCUT2D eigenvalue weighted by molar-refractivity contribution is 0.0572. The van der Waals surface area contributed by atoms with Crippen molar-refractivity contribution in [1.29, 1.82) is 0 Å². The summed E-state index contributed by atoms with van der Waals surface area (Å²) in [5.74, 6) is 0.891. The van der Waals surface area contributed by atoms with Gasteiger partial charge in [-0.2, -0.15) is 0 Å². The molecule has 1 aliphatic heterocycles. The summed E-state index contributed by atoms with van der Waals surface area (Å²) < 4.78 is 0. The summed E-state index contributed by atoms with van der Waals surface area (Å²) in [4.78, 5) is 6.37. The lowest BCUT2D eigenvalue weighted by Gasteiger charge is -2.14. The average Bonchev–Trinajstić information content (AvgIpc) is 2.67. The lowest BCUT2D eigenvalue weighted by Crippen LogP contribution is -2.22. The number of aliphatic hydroxyl groups excluding tert-OH is 2. The highest BCUT2D eigenvalue weighted by molar-refractivity contribution is 5.35. The first-order chi connectivity index (χ1) is 8.69. The Kier molecular flexibility index (Phi) is 4.52. The molecule has 1 saturated heterocycles. The Labute approximate surface area is 107 Å². The van der Waals surface area contributed by atoms with Crippen LogP contribution in [0.25, 0.3) is 0 Å². The number of hydrogen-bond donors (Lipinski definition) is 3. The summed E-state index contributed by atoms with van der Waals surface area (Å²) in [5, 5.41) is 22.2. The maximum absolute atomic E-state index is 9.47. The smallest absolute Gasteiger partial charge is 0.125 e. The van der Waals surface area contributed by atoms with Crippen molar-refractivity contribution in [2.24, 2.45) is 0 Å². The van der Waals surface area contributed by atoms with Crippen molar-refractivity contribution < 1.29 is 10.2 Å². The zero-order valence-corrected chi connectivity index (χ0v) is 10.7. The summed E-state index contributed by atoms with van der Waals surface area (Å²) >= 11 is 0. The molecular weight excluding hydrogens is 230 g/mol. The van der Waals surface area contributed by atoms with Gasteiger partial charge in [-0.05, 0) is 18.1 Å². The van der Waals surface area contributed by atoms with Crippen molar-refractivity contribution in [2.45, 2.75) is 32.1 Å². The molecule has 3 N–H and O–H groups in total. The summed E-state index contributed by atoms with van der Waals surface area (Å²) in [7, 11) is 0. The van der Waals surface area contributed by atoms with Crippen LogP contribution in [0.4, 0.5) is 5.82 Å². The van der Waals surface area contributed by atoms with E-state index in [2.05, 4.69) is 17.2 Å². The minimum Gasteiger partial charge on any atom is -0.389 e. The first-order valence-corrected chi connectivity index (χ1v) is 6.46. The summed E-state index contributed by atoms with van der Waals surface area (Å²) in [6, 6.07) is 4.00. The van der Waals surface area contributed by atoms with E-state index in [1.807, 2.05) is 23.2 Å². The molecule has 2 atom stereocenters. The van der Waals surface area contributed by atoms with Crippen LogP contribution in [0.2, 0.25) is 0 Å². The molecular formula is C13H21N3O2. The number of pyridine rings is 1. The van der Waals surface area contributed by atoms with Crippen molar-refractivity contribution in [1.82, 2.24) is 9.88 Å². The van der Waals surface area contributed by atoms with Crippen LogP contribution in [0.5, 0.6) is 0 Å². The van der Waals surface area contributed by atoms with Gasteiger partial charge in [0.15, 0.2) is 0 Å². The van der Waals surface area contributed by atoms with Crippen LogP contribution < -0.4 is 5.32 Å². The topological polar surface area (TPSA) is 68.6 Å². The molecule has 0 amide bonds. The number of hydrogen-bond acceptors (Lipinski definition) is 5. The van der Waals surface area contributed by atoms with E-state index in [0.717, 1.165) is 30.9 Å². The maximum Gasteiger partial charge on any atom is 0.125 e. The first-order valence-electron chi connectivity index (χ1n) is 6.46. The molecule has 0 radical (unpaired) electrons. The predicted molar refractivity (Wildman–Crippen MR) is 70.3 cm³/mol. The highest BCUT2D eigenvalue weighted by atomic mass is 16.3. The van der Waals surface area contributed by atoms with Crippen molar-refractivity contribution in [3.05, 3.63) is 23.9 Å². The highest BCUT2D eigenvalue weighted by Gasteiger charge is 2.29. The quantitative estimate of drug-likeness (QED) is 0.708. The van der Waals surface area contributed by atoms with Crippen LogP contribution in [0, 0.1) is 0 Å². The van der Waals surface area contributed by atoms with Crippen molar-refractivity contribution >= 4 is 5.82 Å².